The van der Waals surface area contributed by atoms with Crippen LogP contribution >= 0.6 is 15.9 Å². The van der Waals surface area contributed by atoms with E-state index in [1.54, 1.807) is 0 Å². The van der Waals surface area contributed by atoms with E-state index >= 15 is 0 Å². The molecule has 0 bridgehead atoms. The Bertz CT molecular complexity index is 326. The number of nitrogens with zero attached hydrogens (tertiary/aromatic N) is 2. The Morgan fingerprint density at radius 3 is 2.75 bits per heavy atom. The van der Waals surface area contributed by atoms with Gasteiger partial charge in [0.05, 0.1) is 0 Å². The van der Waals surface area contributed by atoms with E-state index in [-0.39, 0.29) is 0 Å². The predicted molar refractivity (Wildman–Crippen MR) is 73.0 cm³/mol. The van der Waals surface area contributed by atoms with Crippen LogP contribution in [0.1, 0.15) is 18.4 Å². The number of unbranched alkanes of at least 4 members (excludes halogenated alkanes) is 1. The van der Waals surface area contributed by atoms with E-state index in [1.165, 1.54) is 18.4 Å². The fraction of sp³-hybridized carbons (Fsp3) is 0.583. The van der Waals surface area contributed by atoms with Gasteiger partial charge in [-0.15, -0.1) is 0 Å². The summed E-state index contributed by atoms with van der Waals surface area (Å²) in [5.74, 6) is 0.994. The number of hydrogen-bond donors (Lipinski definition) is 1. The molecule has 0 aliphatic carbocycles. The summed E-state index contributed by atoms with van der Waals surface area (Å²) < 4.78 is 1.03. The third kappa shape index (κ3) is 4.94. The normalized spacial score (nSPS) is 10.8. The van der Waals surface area contributed by atoms with Crippen molar-refractivity contribution in [3.05, 3.63) is 22.3 Å². The molecule has 0 radical (unpaired) electrons. The molecule has 0 saturated heterocycles. The lowest BCUT2D eigenvalue weighted by molar-refractivity contribution is 0.396. The van der Waals surface area contributed by atoms with Crippen LogP contribution in [0.25, 0.3) is 0 Å². The van der Waals surface area contributed by atoms with Crippen molar-refractivity contribution in [2.45, 2.75) is 19.8 Å². The molecule has 0 fully saturated rings. The molecule has 0 unspecified atom stereocenters. The van der Waals surface area contributed by atoms with Crippen molar-refractivity contribution in [3.63, 3.8) is 0 Å². The first-order valence-corrected chi connectivity index (χ1v) is 6.39. The van der Waals surface area contributed by atoms with Crippen molar-refractivity contribution in [1.29, 1.82) is 0 Å². The molecule has 3 nitrogen and oxygen atoms in total. The van der Waals surface area contributed by atoms with Crippen molar-refractivity contribution in [3.8, 4) is 0 Å². The Morgan fingerprint density at radius 1 is 1.38 bits per heavy atom. The Balaban J connectivity index is 2.27. The maximum atomic E-state index is 4.34. The lowest BCUT2D eigenvalue weighted by Crippen LogP contribution is -2.14. The van der Waals surface area contributed by atoms with Gasteiger partial charge in [0.2, 0.25) is 0 Å². The molecule has 1 N–H and O–H groups in total. The van der Waals surface area contributed by atoms with E-state index in [0.29, 0.717) is 0 Å². The Kier molecular flexibility index (Phi) is 5.77. The van der Waals surface area contributed by atoms with Crippen molar-refractivity contribution in [2.75, 3.05) is 32.5 Å². The number of pyridine rings is 1. The third-order valence-corrected chi connectivity index (χ3v) is 2.80. The summed E-state index contributed by atoms with van der Waals surface area (Å²) in [6, 6.07) is 2.08. The van der Waals surface area contributed by atoms with Crippen LogP contribution in [0.3, 0.4) is 0 Å². The van der Waals surface area contributed by atoms with Gasteiger partial charge in [-0.2, -0.15) is 0 Å². The lowest BCUT2D eigenvalue weighted by Gasteiger charge is -2.11. The summed E-state index contributed by atoms with van der Waals surface area (Å²) >= 11 is 3.41. The highest BCUT2D eigenvalue weighted by Gasteiger charge is 1.99. The number of nitrogens with one attached hydrogen (secondary N) is 1. The van der Waals surface area contributed by atoms with Crippen LogP contribution in [0.15, 0.2) is 16.7 Å². The topological polar surface area (TPSA) is 28.2 Å². The zero-order valence-corrected chi connectivity index (χ0v) is 11.8. The maximum absolute atomic E-state index is 4.34. The van der Waals surface area contributed by atoms with Gasteiger partial charge < -0.3 is 10.2 Å². The molecule has 1 rings (SSSR count). The first-order chi connectivity index (χ1) is 7.59. The van der Waals surface area contributed by atoms with Crippen LogP contribution in [-0.4, -0.2) is 37.1 Å². The molecular formula is C12H20BrN3. The second-order valence-corrected chi connectivity index (χ2v) is 5.17. The van der Waals surface area contributed by atoms with Crippen LogP contribution < -0.4 is 5.32 Å². The Labute approximate surface area is 106 Å². The number of hydrogen-bond acceptors (Lipinski definition) is 3. The average molecular weight is 286 g/mol. The van der Waals surface area contributed by atoms with Gasteiger partial charge >= 0.3 is 0 Å². The molecule has 0 aromatic carbocycles. The standard InChI is InChI=1S/C12H20BrN3/c1-10-8-11(13)9-15-12(10)14-6-4-5-7-16(2)3/h8-9H,4-7H2,1-3H3,(H,14,15). The fourth-order valence-electron chi connectivity index (χ4n) is 1.49. The highest BCUT2D eigenvalue weighted by molar-refractivity contribution is 9.10. The molecule has 16 heavy (non-hydrogen) atoms. The summed E-state index contributed by atoms with van der Waals surface area (Å²) in [5.41, 5.74) is 1.18. The lowest BCUT2D eigenvalue weighted by atomic mass is 10.2. The molecule has 1 aromatic heterocycles. The van der Waals surface area contributed by atoms with Crippen LogP contribution in [0.2, 0.25) is 0 Å². The predicted octanol–water partition coefficient (Wildman–Crippen LogP) is 2.91. The molecule has 90 valence electrons. The Hall–Kier alpha value is -0.610. The van der Waals surface area contributed by atoms with E-state index in [4.69, 9.17) is 0 Å². The summed E-state index contributed by atoms with van der Waals surface area (Å²) in [7, 11) is 4.21. The summed E-state index contributed by atoms with van der Waals surface area (Å²) in [6.07, 6.45) is 4.22. The summed E-state index contributed by atoms with van der Waals surface area (Å²) in [5, 5.41) is 3.36. The second kappa shape index (κ2) is 6.86. The SMILES string of the molecule is Cc1cc(Br)cnc1NCCCCN(C)C. The molecule has 0 aliphatic rings. The van der Waals surface area contributed by atoms with Gasteiger partial charge in [0, 0.05) is 17.2 Å². The van der Waals surface area contributed by atoms with Gasteiger partial charge in [0.1, 0.15) is 5.82 Å². The molecule has 1 heterocycles. The van der Waals surface area contributed by atoms with Crippen LogP contribution in [-0.2, 0) is 0 Å². The van der Waals surface area contributed by atoms with Crippen molar-refractivity contribution < 1.29 is 0 Å². The van der Waals surface area contributed by atoms with E-state index < -0.39 is 0 Å². The van der Waals surface area contributed by atoms with Gasteiger partial charge in [-0.05, 0) is 68.0 Å². The quantitative estimate of drug-likeness (QED) is 0.815. The zero-order chi connectivity index (χ0) is 12.0. The number of anilines is 1. The molecule has 0 spiro atoms. The van der Waals surface area contributed by atoms with Crippen molar-refractivity contribution >= 4 is 21.7 Å². The maximum Gasteiger partial charge on any atom is 0.128 e. The highest BCUT2D eigenvalue weighted by atomic mass is 79.9. The molecular weight excluding hydrogens is 266 g/mol. The third-order valence-electron chi connectivity index (χ3n) is 2.37. The van der Waals surface area contributed by atoms with E-state index in [9.17, 15) is 0 Å². The highest BCUT2D eigenvalue weighted by Crippen LogP contribution is 2.16. The van der Waals surface area contributed by atoms with E-state index in [2.05, 4.69) is 58.2 Å². The van der Waals surface area contributed by atoms with Gasteiger partial charge in [-0.3, -0.25) is 0 Å². The van der Waals surface area contributed by atoms with Crippen molar-refractivity contribution in [2.24, 2.45) is 0 Å². The minimum absolute atomic E-state index is 0.989. The first kappa shape index (κ1) is 13.5. The van der Waals surface area contributed by atoms with Gasteiger partial charge in [0.15, 0.2) is 0 Å². The summed E-state index contributed by atoms with van der Waals surface area (Å²) in [4.78, 5) is 6.55. The van der Waals surface area contributed by atoms with Gasteiger partial charge in [-0.1, -0.05) is 0 Å². The minimum Gasteiger partial charge on any atom is -0.370 e. The number of halogens is 1. The second-order valence-electron chi connectivity index (χ2n) is 4.26. The molecule has 0 aliphatic heterocycles. The van der Waals surface area contributed by atoms with Crippen LogP contribution in [0.5, 0.6) is 0 Å². The Morgan fingerprint density at radius 2 is 2.12 bits per heavy atom. The number of aryl methyl sites for hydroxylation is 1. The number of aromatic nitrogens is 1. The molecule has 0 atom stereocenters. The first-order valence-electron chi connectivity index (χ1n) is 5.60. The smallest absolute Gasteiger partial charge is 0.128 e. The van der Waals surface area contributed by atoms with Crippen LogP contribution in [0.4, 0.5) is 5.82 Å². The van der Waals surface area contributed by atoms with Crippen LogP contribution in [0, 0.1) is 6.92 Å². The van der Waals surface area contributed by atoms with Crippen molar-refractivity contribution in [1.82, 2.24) is 9.88 Å². The van der Waals surface area contributed by atoms with Gasteiger partial charge in [0.25, 0.3) is 0 Å². The monoisotopic (exact) mass is 285 g/mol. The van der Waals surface area contributed by atoms with Gasteiger partial charge in [-0.25, -0.2) is 4.98 Å². The largest absolute Gasteiger partial charge is 0.370 e. The minimum atomic E-state index is 0.989. The fourth-order valence-corrected chi connectivity index (χ4v) is 1.93. The zero-order valence-electron chi connectivity index (χ0n) is 10.3. The van der Waals surface area contributed by atoms with E-state index in [0.717, 1.165) is 23.4 Å². The average Bonchev–Trinajstić information content (AvgIpc) is 2.20. The van der Waals surface area contributed by atoms with E-state index in [1.807, 2.05) is 6.20 Å². The summed E-state index contributed by atoms with van der Waals surface area (Å²) in [6.45, 7) is 4.21. The molecule has 1 aromatic rings. The number of rotatable bonds is 6. The molecule has 0 amide bonds. The molecule has 0 saturated carbocycles. The molecule has 4 heteroatoms.